The maximum Gasteiger partial charge on any atom is 0.326 e. The Bertz CT molecular complexity index is 893. The van der Waals surface area contributed by atoms with Crippen LogP contribution in [0.25, 0.3) is 0 Å². The van der Waals surface area contributed by atoms with E-state index in [2.05, 4.69) is 0 Å². The number of carbonyl (C=O) groups excluding carboxylic acids is 2. The standard InChI is InChI=1S/C22H29NO6S/c1-3-16(2)19(21(25)23-12-7-10-20(23)22(26)27)14-18(24)11-13-30(28,29)15-17-8-5-4-6-9-17/h4-6,8-9,11,13,16,19-20H,3,7,10,12,14-15H2,1-2H3,(H,26,27)/b13-11+. The lowest BCUT2D eigenvalue weighted by Crippen LogP contribution is -2.45. The van der Waals surface area contributed by atoms with Gasteiger partial charge in [0, 0.05) is 24.3 Å². The fourth-order valence-corrected chi connectivity index (χ4v) is 4.75. The SMILES string of the molecule is CCC(C)C(CC(=O)/C=C/S(=O)(=O)Cc1ccccc1)C(=O)N1CCCC1C(=O)O. The maximum absolute atomic E-state index is 13.0. The number of hydrogen-bond acceptors (Lipinski definition) is 5. The molecule has 1 N–H and O–H groups in total. The van der Waals surface area contributed by atoms with Gasteiger partial charge in [0.1, 0.15) is 6.04 Å². The Balaban J connectivity index is 2.08. The number of sulfone groups is 1. The molecule has 0 spiro atoms. The van der Waals surface area contributed by atoms with Gasteiger partial charge in [-0.2, -0.15) is 0 Å². The minimum Gasteiger partial charge on any atom is -0.480 e. The van der Waals surface area contributed by atoms with Gasteiger partial charge in [-0.3, -0.25) is 9.59 Å². The maximum atomic E-state index is 13.0. The average Bonchev–Trinajstić information content (AvgIpc) is 3.20. The number of aliphatic carboxylic acids is 1. The van der Waals surface area contributed by atoms with Gasteiger partial charge in [0.2, 0.25) is 5.91 Å². The first-order valence-corrected chi connectivity index (χ1v) is 11.9. The van der Waals surface area contributed by atoms with Gasteiger partial charge in [-0.1, -0.05) is 50.6 Å². The number of likely N-dealkylation sites (tertiary alicyclic amines) is 1. The van der Waals surface area contributed by atoms with E-state index in [9.17, 15) is 27.9 Å². The number of benzene rings is 1. The van der Waals surface area contributed by atoms with E-state index < -0.39 is 33.5 Å². The number of carboxylic acid groups (broad SMARTS) is 1. The van der Waals surface area contributed by atoms with Gasteiger partial charge in [0.05, 0.1) is 5.75 Å². The number of carbonyl (C=O) groups is 3. The van der Waals surface area contributed by atoms with Crippen LogP contribution in [0.3, 0.4) is 0 Å². The van der Waals surface area contributed by atoms with E-state index in [1.807, 2.05) is 13.8 Å². The molecule has 0 radical (unpaired) electrons. The fourth-order valence-electron chi connectivity index (χ4n) is 3.64. The topological polar surface area (TPSA) is 109 Å². The normalized spacial score (nSPS) is 19.0. The van der Waals surface area contributed by atoms with E-state index in [0.29, 0.717) is 31.4 Å². The molecule has 0 aliphatic carbocycles. The van der Waals surface area contributed by atoms with Crippen molar-refractivity contribution >= 4 is 27.5 Å². The molecule has 1 saturated heterocycles. The van der Waals surface area contributed by atoms with E-state index in [1.165, 1.54) is 4.90 Å². The van der Waals surface area contributed by atoms with E-state index in [4.69, 9.17) is 0 Å². The van der Waals surface area contributed by atoms with Crippen molar-refractivity contribution in [3.8, 4) is 0 Å². The van der Waals surface area contributed by atoms with Gasteiger partial charge in [-0.25, -0.2) is 13.2 Å². The van der Waals surface area contributed by atoms with Crippen LogP contribution in [0.4, 0.5) is 0 Å². The molecule has 1 aliphatic rings. The number of allylic oxidation sites excluding steroid dienone is 1. The number of ketones is 1. The largest absolute Gasteiger partial charge is 0.480 e. The van der Waals surface area contributed by atoms with Crippen molar-refractivity contribution in [3.05, 3.63) is 47.4 Å². The summed E-state index contributed by atoms with van der Waals surface area (Å²) in [4.78, 5) is 38.3. The minimum absolute atomic E-state index is 0.133. The Hall–Kier alpha value is -2.48. The van der Waals surface area contributed by atoms with Crippen LogP contribution in [0.15, 0.2) is 41.8 Å². The Morgan fingerprint density at radius 1 is 1.23 bits per heavy atom. The quantitative estimate of drug-likeness (QED) is 0.566. The highest BCUT2D eigenvalue weighted by Crippen LogP contribution is 2.27. The van der Waals surface area contributed by atoms with Crippen molar-refractivity contribution in [1.82, 2.24) is 4.90 Å². The first-order valence-electron chi connectivity index (χ1n) is 10.2. The summed E-state index contributed by atoms with van der Waals surface area (Å²) in [6.07, 6.45) is 2.53. The molecule has 0 bridgehead atoms. The van der Waals surface area contributed by atoms with Crippen LogP contribution in [0.5, 0.6) is 0 Å². The van der Waals surface area contributed by atoms with Crippen molar-refractivity contribution in [1.29, 1.82) is 0 Å². The molecule has 30 heavy (non-hydrogen) atoms. The zero-order chi connectivity index (χ0) is 22.3. The van der Waals surface area contributed by atoms with E-state index >= 15 is 0 Å². The molecule has 1 amide bonds. The van der Waals surface area contributed by atoms with Gasteiger partial charge in [0.15, 0.2) is 15.6 Å². The Kier molecular flexibility index (Phi) is 8.34. The number of carboxylic acids is 1. The Labute approximate surface area is 177 Å². The van der Waals surface area contributed by atoms with Crippen LogP contribution in [0.2, 0.25) is 0 Å². The zero-order valence-electron chi connectivity index (χ0n) is 17.4. The van der Waals surface area contributed by atoms with Gasteiger partial charge in [-0.15, -0.1) is 0 Å². The average molecular weight is 436 g/mol. The summed E-state index contributed by atoms with van der Waals surface area (Å²) in [7, 11) is -3.62. The first-order chi connectivity index (χ1) is 14.1. The summed E-state index contributed by atoms with van der Waals surface area (Å²) in [6, 6.07) is 7.80. The third kappa shape index (κ3) is 6.52. The number of amides is 1. The van der Waals surface area contributed by atoms with E-state index in [-0.39, 0.29) is 24.0 Å². The van der Waals surface area contributed by atoms with Crippen molar-refractivity contribution in [2.45, 2.75) is 51.3 Å². The molecule has 0 aromatic heterocycles. The summed E-state index contributed by atoms with van der Waals surface area (Å²) in [5.74, 6) is -2.87. The lowest BCUT2D eigenvalue weighted by molar-refractivity contribution is -0.151. The molecule has 164 valence electrons. The molecule has 3 atom stereocenters. The number of hydrogen-bond donors (Lipinski definition) is 1. The second kappa shape index (κ2) is 10.5. The molecule has 1 aromatic rings. The summed E-state index contributed by atoms with van der Waals surface area (Å²) in [6.45, 7) is 4.10. The lowest BCUT2D eigenvalue weighted by atomic mass is 9.86. The highest BCUT2D eigenvalue weighted by Gasteiger charge is 2.38. The van der Waals surface area contributed by atoms with Crippen LogP contribution >= 0.6 is 0 Å². The minimum atomic E-state index is -3.62. The monoisotopic (exact) mass is 435 g/mol. The summed E-state index contributed by atoms with van der Waals surface area (Å²) < 4.78 is 24.5. The van der Waals surface area contributed by atoms with Gasteiger partial charge >= 0.3 is 5.97 Å². The van der Waals surface area contributed by atoms with Crippen LogP contribution in [0.1, 0.15) is 45.1 Å². The van der Waals surface area contributed by atoms with Crippen LogP contribution in [-0.2, 0) is 30.0 Å². The molecule has 0 saturated carbocycles. The molecule has 2 rings (SSSR count). The van der Waals surface area contributed by atoms with Gasteiger partial charge in [-0.05, 0) is 30.4 Å². The highest BCUT2D eigenvalue weighted by molar-refractivity contribution is 7.93. The summed E-state index contributed by atoms with van der Waals surface area (Å²) in [5, 5.41) is 10.2. The van der Waals surface area contributed by atoms with Crippen molar-refractivity contribution in [2.24, 2.45) is 11.8 Å². The van der Waals surface area contributed by atoms with Crippen LogP contribution in [-0.4, -0.2) is 48.7 Å². The highest BCUT2D eigenvalue weighted by atomic mass is 32.2. The zero-order valence-corrected chi connectivity index (χ0v) is 18.2. The molecule has 3 unspecified atom stereocenters. The summed E-state index contributed by atoms with van der Waals surface area (Å²) in [5.41, 5.74) is 0.621. The van der Waals surface area contributed by atoms with Crippen molar-refractivity contribution < 1.29 is 27.9 Å². The van der Waals surface area contributed by atoms with E-state index in [0.717, 1.165) is 11.5 Å². The van der Waals surface area contributed by atoms with Crippen molar-refractivity contribution in [2.75, 3.05) is 6.54 Å². The molecule has 1 aromatic carbocycles. The predicted octanol–water partition coefficient (Wildman–Crippen LogP) is 2.81. The summed E-state index contributed by atoms with van der Waals surface area (Å²) >= 11 is 0. The Morgan fingerprint density at radius 3 is 2.50 bits per heavy atom. The molecule has 8 heteroatoms. The second-order valence-electron chi connectivity index (χ2n) is 7.79. The molecular formula is C22H29NO6S. The second-order valence-corrected chi connectivity index (χ2v) is 9.67. The molecule has 1 aliphatic heterocycles. The van der Waals surface area contributed by atoms with E-state index in [1.54, 1.807) is 30.3 Å². The smallest absolute Gasteiger partial charge is 0.326 e. The van der Waals surface area contributed by atoms with Crippen LogP contribution < -0.4 is 0 Å². The molecular weight excluding hydrogens is 406 g/mol. The number of nitrogens with zero attached hydrogens (tertiary/aromatic N) is 1. The molecule has 1 fully saturated rings. The van der Waals surface area contributed by atoms with Gasteiger partial charge in [0.25, 0.3) is 0 Å². The fraction of sp³-hybridized carbons (Fsp3) is 0.500. The van der Waals surface area contributed by atoms with Crippen LogP contribution in [0, 0.1) is 11.8 Å². The molecule has 1 heterocycles. The number of rotatable bonds is 10. The lowest BCUT2D eigenvalue weighted by Gasteiger charge is -2.29. The van der Waals surface area contributed by atoms with Gasteiger partial charge < -0.3 is 10.0 Å². The molecule has 7 nitrogen and oxygen atoms in total. The van der Waals surface area contributed by atoms with Crippen molar-refractivity contribution in [3.63, 3.8) is 0 Å². The predicted molar refractivity (Wildman–Crippen MR) is 113 cm³/mol. The first kappa shape index (κ1) is 23.8. The third-order valence-electron chi connectivity index (χ3n) is 5.56. The third-order valence-corrected chi connectivity index (χ3v) is 6.85. The Morgan fingerprint density at radius 2 is 1.90 bits per heavy atom.